The molecule has 0 aliphatic carbocycles. The fraction of sp³-hybridized carbons (Fsp3) is 0. The maximum Gasteiger partial charge on any atom is 0.216 e. The lowest BCUT2D eigenvalue weighted by molar-refractivity contribution is 0.589. The number of rotatable bonds is 6. The van der Waals surface area contributed by atoms with Crippen LogP contribution in [0.1, 0.15) is 11.1 Å². The van der Waals surface area contributed by atoms with E-state index in [-0.39, 0.29) is 0 Å². The van der Waals surface area contributed by atoms with Crippen LogP contribution in [-0.2, 0) is 4.57 Å². The normalized spacial score (nSPS) is 14.4. The van der Waals surface area contributed by atoms with Gasteiger partial charge in [-0.25, -0.2) is 0 Å². The van der Waals surface area contributed by atoms with Crippen molar-refractivity contribution >= 4 is 57.8 Å². The van der Waals surface area contributed by atoms with E-state index < -0.39 is 7.29 Å². The topological polar surface area (TPSA) is 29.1 Å². The van der Waals surface area contributed by atoms with Crippen LogP contribution in [0.4, 0.5) is 5.69 Å². The molecule has 1 unspecified atom stereocenters. The number of halogens is 3. The van der Waals surface area contributed by atoms with Crippen molar-refractivity contribution in [1.29, 1.82) is 0 Å². The van der Waals surface area contributed by atoms with Crippen LogP contribution in [-0.4, -0.2) is 0 Å². The molecule has 0 heterocycles. The summed E-state index contributed by atoms with van der Waals surface area (Å²) in [6, 6.07) is 25.6. The van der Waals surface area contributed by atoms with Gasteiger partial charge in [-0.15, -0.1) is 0 Å². The number of benzene rings is 3. The molecule has 0 saturated carbocycles. The minimum Gasteiger partial charge on any atom is -0.330 e. The lowest BCUT2D eigenvalue weighted by atomic mass is 10.2. The van der Waals surface area contributed by atoms with Gasteiger partial charge in [0, 0.05) is 22.3 Å². The van der Waals surface area contributed by atoms with E-state index >= 15 is 0 Å². The maximum absolute atomic E-state index is 13.8. The van der Waals surface area contributed by atoms with Crippen molar-refractivity contribution in [3.63, 3.8) is 0 Å². The van der Waals surface area contributed by atoms with E-state index in [0.717, 1.165) is 11.1 Å². The van der Waals surface area contributed by atoms with Crippen LogP contribution in [0.3, 0.4) is 0 Å². The molecule has 0 amide bonds. The molecule has 3 aromatic rings. The quantitative estimate of drug-likeness (QED) is 0.383. The minimum absolute atomic E-state index is 0.374. The Morgan fingerprint density at radius 2 is 1.14 bits per heavy atom. The zero-order chi connectivity index (χ0) is 20.0. The minimum atomic E-state index is -3.28. The molecule has 0 aliphatic rings. The van der Waals surface area contributed by atoms with Gasteiger partial charge in [-0.3, -0.25) is 4.57 Å². The number of hydrogen-bond donors (Lipinski definition) is 1. The predicted octanol–water partition coefficient (Wildman–Crippen LogP) is 8.50. The summed E-state index contributed by atoms with van der Waals surface area (Å²) in [7, 11) is -3.28. The molecule has 1 atom stereocenters. The molecule has 28 heavy (non-hydrogen) atoms. The van der Waals surface area contributed by atoms with E-state index in [4.69, 9.17) is 34.8 Å². The summed E-state index contributed by atoms with van der Waals surface area (Å²) in [5, 5.41) is 4.40. The van der Waals surface area contributed by atoms with Crippen LogP contribution in [0, 0.1) is 0 Å². The molecule has 3 aromatic carbocycles. The summed E-state index contributed by atoms with van der Waals surface area (Å²) in [5.74, 6) is 3.04. The van der Waals surface area contributed by atoms with Crippen molar-refractivity contribution < 1.29 is 4.57 Å². The molecule has 0 radical (unpaired) electrons. The van der Waals surface area contributed by atoms with Crippen molar-refractivity contribution in [3.05, 3.63) is 113 Å². The van der Waals surface area contributed by atoms with Crippen molar-refractivity contribution in [2.75, 3.05) is 5.09 Å². The molecule has 142 valence electrons. The molecule has 0 aromatic heterocycles. The second-order valence-electron chi connectivity index (χ2n) is 6.01. The Morgan fingerprint density at radius 1 is 0.714 bits per heavy atom. The van der Waals surface area contributed by atoms with Gasteiger partial charge in [-0.05, 0) is 35.4 Å². The van der Waals surface area contributed by atoms with E-state index in [1.807, 2.05) is 60.7 Å². The van der Waals surface area contributed by atoms with Gasteiger partial charge in [-0.2, -0.15) is 0 Å². The highest BCUT2D eigenvalue weighted by Crippen LogP contribution is 2.53. The van der Waals surface area contributed by atoms with Crippen LogP contribution in [0.25, 0.3) is 10.1 Å². The van der Waals surface area contributed by atoms with Crippen molar-refractivity contribution in [3.8, 4) is 0 Å². The Kier molecular flexibility index (Phi) is 7.04. The van der Waals surface area contributed by atoms with Gasteiger partial charge in [0.1, 0.15) is 0 Å². The third kappa shape index (κ3) is 5.77. The second kappa shape index (κ2) is 9.49. The Morgan fingerprint density at radius 3 is 1.57 bits per heavy atom. The van der Waals surface area contributed by atoms with Gasteiger partial charge in [0.2, 0.25) is 7.29 Å². The monoisotopic (exact) mass is 447 g/mol. The van der Waals surface area contributed by atoms with Gasteiger partial charge in [-0.1, -0.05) is 95.5 Å². The molecule has 0 saturated heterocycles. The van der Waals surface area contributed by atoms with Gasteiger partial charge >= 0.3 is 0 Å². The van der Waals surface area contributed by atoms with Gasteiger partial charge in [0.05, 0.1) is 10.1 Å². The van der Waals surface area contributed by atoms with Gasteiger partial charge < -0.3 is 5.09 Å². The Labute approximate surface area is 179 Å². The third-order valence-electron chi connectivity index (χ3n) is 3.86. The summed E-state index contributed by atoms with van der Waals surface area (Å²) in [4.78, 5) is 0. The van der Waals surface area contributed by atoms with E-state index in [1.54, 1.807) is 24.3 Å². The molecular formula is C22H17Cl3NOP. The Bertz CT molecular complexity index is 973. The number of anilines is 1. The maximum atomic E-state index is 13.8. The van der Waals surface area contributed by atoms with Crippen molar-refractivity contribution in [2.24, 2.45) is 0 Å². The third-order valence-corrected chi connectivity index (χ3v) is 6.96. The summed E-state index contributed by atoms with van der Waals surface area (Å²) in [6.07, 6.45) is 0. The Hall–Kier alpha value is -1.96. The fourth-order valence-corrected chi connectivity index (χ4v) is 5.48. The van der Waals surface area contributed by atoms with E-state index in [2.05, 4.69) is 5.09 Å². The average Bonchev–Trinajstić information content (AvgIpc) is 2.71. The van der Waals surface area contributed by atoms with Crippen molar-refractivity contribution in [2.45, 2.75) is 0 Å². The lowest BCUT2D eigenvalue weighted by Crippen LogP contribution is -1.94. The fourth-order valence-electron chi connectivity index (χ4n) is 2.51. The van der Waals surface area contributed by atoms with Crippen molar-refractivity contribution in [1.82, 2.24) is 0 Å². The zero-order valence-electron chi connectivity index (χ0n) is 14.7. The largest absolute Gasteiger partial charge is 0.330 e. The highest BCUT2D eigenvalue weighted by molar-refractivity contribution is 7.72. The highest BCUT2D eigenvalue weighted by Gasteiger charge is 2.19. The standard InChI is InChI=1S/C22H17Cl3NOP/c23-19-11-13-20(14-12-19)26-28(27,15-21(24)17-7-3-1-4-8-17)16-22(25)18-9-5-2-6-10-18/h1-16H,(H,26,27)/b21-15+,22-16?. The number of hydrogen-bond acceptors (Lipinski definition) is 1. The molecule has 0 aliphatic heterocycles. The van der Waals surface area contributed by atoms with Gasteiger partial charge in [0.15, 0.2) is 0 Å². The van der Waals surface area contributed by atoms with Crippen LogP contribution < -0.4 is 5.09 Å². The van der Waals surface area contributed by atoms with Crippen LogP contribution in [0.5, 0.6) is 0 Å². The first-order valence-electron chi connectivity index (χ1n) is 8.46. The van der Waals surface area contributed by atoms with E-state index in [9.17, 15) is 4.57 Å². The molecule has 0 spiro atoms. The predicted molar refractivity (Wildman–Crippen MR) is 123 cm³/mol. The summed E-state index contributed by atoms with van der Waals surface area (Å²) < 4.78 is 13.8. The molecule has 0 fully saturated rings. The summed E-state index contributed by atoms with van der Waals surface area (Å²) >= 11 is 18.9. The molecule has 0 bridgehead atoms. The number of nitrogens with one attached hydrogen (secondary N) is 1. The van der Waals surface area contributed by atoms with E-state index in [0.29, 0.717) is 20.8 Å². The van der Waals surface area contributed by atoms with Crippen LogP contribution in [0.15, 0.2) is 96.6 Å². The summed E-state index contributed by atoms with van der Waals surface area (Å²) in [6.45, 7) is 0. The summed E-state index contributed by atoms with van der Waals surface area (Å²) in [5.41, 5.74) is 2.19. The van der Waals surface area contributed by atoms with Gasteiger partial charge in [0.25, 0.3) is 0 Å². The molecule has 1 N–H and O–H groups in total. The SMILES string of the molecule is O=P(C=C(Cl)c1ccccc1)(/C=C(/Cl)c1ccccc1)Nc1ccc(Cl)cc1. The molecule has 3 rings (SSSR count). The second-order valence-corrected chi connectivity index (χ2v) is 9.42. The lowest BCUT2D eigenvalue weighted by Gasteiger charge is -2.16. The smallest absolute Gasteiger partial charge is 0.216 e. The zero-order valence-corrected chi connectivity index (χ0v) is 17.9. The average molecular weight is 449 g/mol. The first-order chi connectivity index (χ1) is 13.5. The Balaban J connectivity index is 2.02. The molecule has 6 heteroatoms. The van der Waals surface area contributed by atoms with Crippen LogP contribution >= 0.6 is 42.1 Å². The highest BCUT2D eigenvalue weighted by atomic mass is 35.5. The molecular weight excluding hydrogens is 432 g/mol. The van der Waals surface area contributed by atoms with Crippen LogP contribution in [0.2, 0.25) is 5.02 Å². The van der Waals surface area contributed by atoms with E-state index in [1.165, 1.54) is 11.6 Å². The first kappa shape index (κ1) is 20.8. The first-order valence-corrected chi connectivity index (χ1v) is 11.4. The molecule has 2 nitrogen and oxygen atoms in total.